The van der Waals surface area contributed by atoms with Gasteiger partial charge in [-0.2, -0.15) is 13.2 Å². The van der Waals surface area contributed by atoms with E-state index in [-0.39, 0.29) is 11.6 Å². The molecule has 0 aliphatic carbocycles. The van der Waals surface area contributed by atoms with Crippen molar-refractivity contribution < 1.29 is 22.4 Å². The van der Waals surface area contributed by atoms with Gasteiger partial charge in [0.2, 0.25) is 0 Å². The van der Waals surface area contributed by atoms with E-state index in [2.05, 4.69) is 0 Å². The molecule has 1 heterocycles. The third kappa shape index (κ3) is 3.05. The number of hydrogen-bond acceptors (Lipinski definition) is 2. The minimum absolute atomic E-state index is 0.125. The van der Waals surface area contributed by atoms with E-state index in [0.717, 1.165) is 31.3 Å². The second-order valence-corrected chi connectivity index (χ2v) is 4.65. The van der Waals surface area contributed by atoms with E-state index in [4.69, 9.17) is 0 Å². The van der Waals surface area contributed by atoms with Crippen molar-refractivity contribution in [1.29, 1.82) is 0 Å². The minimum Gasteiger partial charge on any atom is -0.368 e. The maximum atomic E-state index is 13.8. The van der Waals surface area contributed by atoms with Crippen molar-refractivity contribution in [3.05, 3.63) is 29.6 Å². The molecule has 0 N–H and O–H groups in total. The van der Waals surface area contributed by atoms with E-state index in [9.17, 15) is 22.4 Å². The van der Waals surface area contributed by atoms with Gasteiger partial charge in [-0.05, 0) is 31.0 Å². The fourth-order valence-corrected chi connectivity index (χ4v) is 2.28. The molecule has 2 nitrogen and oxygen atoms in total. The van der Waals surface area contributed by atoms with Crippen molar-refractivity contribution in [2.45, 2.75) is 19.0 Å². The fourth-order valence-electron chi connectivity index (χ4n) is 2.28. The number of carbonyl (C=O) groups excluding carboxylic acids is 1. The fraction of sp³-hybridized carbons (Fsp3) is 0.462. The van der Waals surface area contributed by atoms with Crippen LogP contribution in [0.5, 0.6) is 0 Å². The number of aldehydes is 1. The van der Waals surface area contributed by atoms with Gasteiger partial charge in [0.15, 0.2) is 0 Å². The number of hydrogen-bond donors (Lipinski definition) is 0. The van der Waals surface area contributed by atoms with Crippen LogP contribution in [0.25, 0.3) is 0 Å². The Morgan fingerprint density at radius 1 is 1.32 bits per heavy atom. The van der Waals surface area contributed by atoms with Crippen LogP contribution in [0.3, 0.4) is 0 Å². The molecule has 2 rings (SSSR count). The van der Waals surface area contributed by atoms with Gasteiger partial charge in [0, 0.05) is 19.0 Å². The Kier molecular flexibility index (Phi) is 3.78. The van der Waals surface area contributed by atoms with Gasteiger partial charge in [-0.15, -0.1) is 0 Å². The molecule has 104 valence electrons. The predicted octanol–water partition coefficient (Wildman–Crippen LogP) is 3.26. The number of piperidine rings is 1. The molecule has 6 heteroatoms. The van der Waals surface area contributed by atoms with Gasteiger partial charge in [0.1, 0.15) is 12.1 Å². The Labute approximate surface area is 108 Å². The minimum atomic E-state index is -4.55. The Hall–Kier alpha value is -1.59. The first-order valence-electron chi connectivity index (χ1n) is 5.99. The van der Waals surface area contributed by atoms with Crippen LogP contribution in [0.4, 0.5) is 23.2 Å². The van der Waals surface area contributed by atoms with Crippen LogP contribution in [0, 0.1) is 11.7 Å². The summed E-state index contributed by atoms with van der Waals surface area (Å²) in [6.45, 7) is 0.901. The quantitative estimate of drug-likeness (QED) is 0.610. The number of nitrogens with zero attached hydrogens (tertiary/aromatic N) is 1. The number of rotatable bonds is 2. The summed E-state index contributed by atoms with van der Waals surface area (Å²) < 4.78 is 51.1. The molecule has 19 heavy (non-hydrogen) atoms. The first kappa shape index (κ1) is 13.8. The van der Waals surface area contributed by atoms with Crippen molar-refractivity contribution in [3.8, 4) is 0 Å². The van der Waals surface area contributed by atoms with Gasteiger partial charge < -0.3 is 9.69 Å². The van der Waals surface area contributed by atoms with Gasteiger partial charge in [-0.1, -0.05) is 0 Å². The molecule has 0 aromatic heterocycles. The topological polar surface area (TPSA) is 20.3 Å². The van der Waals surface area contributed by atoms with Crippen molar-refractivity contribution >= 4 is 12.0 Å². The predicted molar refractivity (Wildman–Crippen MR) is 62.4 cm³/mol. The van der Waals surface area contributed by atoms with Gasteiger partial charge in [-0.3, -0.25) is 0 Å². The molecule has 1 atom stereocenters. The average Bonchev–Trinajstić information content (AvgIpc) is 2.37. The van der Waals surface area contributed by atoms with E-state index in [1.807, 2.05) is 0 Å². The zero-order valence-electron chi connectivity index (χ0n) is 10.1. The number of alkyl halides is 3. The number of benzene rings is 1. The molecular formula is C13H13F4NO. The molecule has 0 spiro atoms. The Morgan fingerprint density at radius 3 is 2.63 bits per heavy atom. The molecule has 1 saturated heterocycles. The zero-order chi connectivity index (χ0) is 14.0. The van der Waals surface area contributed by atoms with E-state index in [1.54, 1.807) is 4.90 Å². The lowest BCUT2D eigenvalue weighted by Gasteiger charge is -2.32. The summed E-state index contributed by atoms with van der Waals surface area (Å²) in [5, 5.41) is 0. The van der Waals surface area contributed by atoms with Crippen molar-refractivity contribution in [2.24, 2.45) is 5.92 Å². The molecule has 1 aromatic carbocycles. The SMILES string of the molecule is O=CC1CCCN(c2ccc(C(F)(F)F)cc2F)C1. The summed E-state index contributed by atoms with van der Waals surface area (Å²) in [4.78, 5) is 12.4. The summed E-state index contributed by atoms with van der Waals surface area (Å²) in [6.07, 6.45) is -2.27. The third-order valence-electron chi connectivity index (χ3n) is 3.27. The van der Waals surface area contributed by atoms with Gasteiger partial charge in [0.25, 0.3) is 0 Å². The summed E-state index contributed by atoms with van der Waals surface area (Å²) in [5.41, 5.74) is -0.878. The highest BCUT2D eigenvalue weighted by Gasteiger charge is 2.32. The first-order chi connectivity index (χ1) is 8.91. The molecule has 0 amide bonds. The van der Waals surface area contributed by atoms with Crippen LogP contribution in [-0.4, -0.2) is 19.4 Å². The van der Waals surface area contributed by atoms with Crippen molar-refractivity contribution in [1.82, 2.24) is 0 Å². The van der Waals surface area contributed by atoms with E-state index in [0.29, 0.717) is 19.2 Å². The smallest absolute Gasteiger partial charge is 0.368 e. The summed E-state index contributed by atoms with van der Waals surface area (Å²) in [6, 6.07) is 2.49. The summed E-state index contributed by atoms with van der Waals surface area (Å²) >= 11 is 0. The molecule has 1 aromatic rings. The standard InChI is InChI=1S/C13H13F4NO/c14-11-6-10(13(15,16)17)3-4-12(11)18-5-1-2-9(7-18)8-19/h3-4,6,8-9H,1-2,5,7H2. The van der Waals surface area contributed by atoms with Gasteiger partial charge in [-0.25, -0.2) is 4.39 Å². The maximum absolute atomic E-state index is 13.8. The highest BCUT2D eigenvalue weighted by molar-refractivity contribution is 5.58. The van der Waals surface area contributed by atoms with Crippen molar-refractivity contribution in [2.75, 3.05) is 18.0 Å². The van der Waals surface area contributed by atoms with Gasteiger partial charge in [0.05, 0.1) is 11.3 Å². The van der Waals surface area contributed by atoms with Crippen molar-refractivity contribution in [3.63, 3.8) is 0 Å². The largest absolute Gasteiger partial charge is 0.416 e. The molecule has 1 aliphatic rings. The highest BCUT2D eigenvalue weighted by atomic mass is 19.4. The molecule has 0 bridgehead atoms. The number of halogens is 4. The average molecular weight is 275 g/mol. The Balaban J connectivity index is 2.23. The lowest BCUT2D eigenvalue weighted by atomic mass is 9.99. The third-order valence-corrected chi connectivity index (χ3v) is 3.27. The summed E-state index contributed by atoms with van der Waals surface area (Å²) in [7, 11) is 0. The highest BCUT2D eigenvalue weighted by Crippen LogP contribution is 2.33. The van der Waals surface area contributed by atoms with Gasteiger partial charge >= 0.3 is 6.18 Å². The maximum Gasteiger partial charge on any atom is 0.416 e. The van der Waals surface area contributed by atoms with Crippen LogP contribution in [0.1, 0.15) is 18.4 Å². The summed E-state index contributed by atoms with van der Waals surface area (Å²) in [5.74, 6) is -1.09. The van der Waals surface area contributed by atoms with Crippen LogP contribution >= 0.6 is 0 Å². The zero-order valence-corrected chi connectivity index (χ0v) is 10.1. The molecule has 1 aliphatic heterocycles. The van der Waals surface area contributed by atoms with Crippen LogP contribution in [0.2, 0.25) is 0 Å². The molecule has 0 radical (unpaired) electrons. The monoisotopic (exact) mass is 275 g/mol. The molecule has 1 unspecified atom stereocenters. The first-order valence-corrected chi connectivity index (χ1v) is 5.99. The van der Waals surface area contributed by atoms with Crippen LogP contribution < -0.4 is 4.90 Å². The Bertz CT molecular complexity index is 472. The van der Waals surface area contributed by atoms with Crippen LogP contribution in [0.15, 0.2) is 18.2 Å². The van der Waals surface area contributed by atoms with E-state index in [1.165, 1.54) is 0 Å². The lowest BCUT2D eigenvalue weighted by Crippen LogP contribution is -2.36. The second-order valence-electron chi connectivity index (χ2n) is 4.65. The molecular weight excluding hydrogens is 262 g/mol. The molecule has 1 fully saturated rings. The normalized spacial score (nSPS) is 20.4. The Morgan fingerprint density at radius 2 is 2.05 bits per heavy atom. The second kappa shape index (κ2) is 5.19. The number of anilines is 1. The van der Waals surface area contributed by atoms with E-state index >= 15 is 0 Å². The van der Waals surface area contributed by atoms with Crippen LogP contribution in [-0.2, 0) is 11.0 Å². The number of carbonyl (C=O) groups is 1. The van der Waals surface area contributed by atoms with E-state index < -0.39 is 17.6 Å². The molecule has 0 saturated carbocycles. The lowest BCUT2D eigenvalue weighted by molar-refractivity contribution is -0.137.